The average molecular weight is 312 g/mol. The normalized spacial score (nSPS) is 10.5. The van der Waals surface area contributed by atoms with E-state index in [2.05, 4.69) is 33.4 Å². The third-order valence-corrected chi connectivity index (χ3v) is 3.99. The molecule has 90 valence electrons. The Morgan fingerprint density at radius 2 is 1.94 bits per heavy atom. The highest BCUT2D eigenvalue weighted by molar-refractivity contribution is 9.10. The molecule has 0 aliphatic rings. The van der Waals surface area contributed by atoms with Crippen molar-refractivity contribution >= 4 is 27.3 Å². The van der Waals surface area contributed by atoms with Gasteiger partial charge in [0.2, 0.25) is 0 Å². The molecule has 1 N–H and O–H groups in total. The Balaban J connectivity index is 1.95. The lowest BCUT2D eigenvalue weighted by atomic mass is 10.3. The van der Waals surface area contributed by atoms with Crippen molar-refractivity contribution in [3.8, 4) is 5.75 Å². The van der Waals surface area contributed by atoms with Crippen LogP contribution in [0.5, 0.6) is 5.75 Å². The van der Waals surface area contributed by atoms with Crippen molar-refractivity contribution < 1.29 is 4.74 Å². The zero-order valence-corrected chi connectivity index (χ0v) is 12.0. The Labute approximate surface area is 114 Å². The van der Waals surface area contributed by atoms with Gasteiger partial charge < -0.3 is 10.1 Å². The van der Waals surface area contributed by atoms with Gasteiger partial charge in [0, 0.05) is 16.3 Å². The number of nitrogens with one attached hydrogen (secondary N) is 1. The number of hydrogen-bond acceptors (Lipinski definition) is 3. The van der Waals surface area contributed by atoms with Crippen LogP contribution in [0, 0.1) is 0 Å². The largest absolute Gasteiger partial charge is 0.487 e. The molecule has 1 aromatic heterocycles. The molecule has 4 heteroatoms. The first-order valence-corrected chi connectivity index (χ1v) is 7.00. The van der Waals surface area contributed by atoms with E-state index in [4.69, 9.17) is 4.74 Å². The summed E-state index contributed by atoms with van der Waals surface area (Å²) in [7, 11) is 1.96. The molecule has 0 amide bonds. The minimum Gasteiger partial charge on any atom is -0.487 e. The van der Waals surface area contributed by atoms with Crippen LogP contribution in [0.4, 0.5) is 0 Å². The van der Waals surface area contributed by atoms with Crippen LogP contribution < -0.4 is 10.1 Å². The number of hydrogen-bond donors (Lipinski definition) is 1. The first-order chi connectivity index (χ1) is 8.29. The van der Waals surface area contributed by atoms with Crippen molar-refractivity contribution in [3.63, 3.8) is 0 Å². The molecule has 0 aliphatic heterocycles. The van der Waals surface area contributed by atoms with Gasteiger partial charge >= 0.3 is 0 Å². The van der Waals surface area contributed by atoms with E-state index < -0.39 is 0 Å². The van der Waals surface area contributed by atoms with Gasteiger partial charge in [-0.15, -0.1) is 11.3 Å². The van der Waals surface area contributed by atoms with Crippen LogP contribution in [-0.2, 0) is 13.2 Å². The molecule has 0 fully saturated rings. The zero-order chi connectivity index (χ0) is 12.1. The molecule has 0 saturated carbocycles. The van der Waals surface area contributed by atoms with Crippen LogP contribution in [0.2, 0.25) is 0 Å². The molecule has 0 unspecified atom stereocenters. The van der Waals surface area contributed by atoms with Gasteiger partial charge in [0.15, 0.2) is 0 Å². The summed E-state index contributed by atoms with van der Waals surface area (Å²) in [5.74, 6) is 0.885. The third-order valence-electron chi connectivity index (χ3n) is 2.27. The molecule has 1 heterocycles. The minimum absolute atomic E-state index is 0.622. The van der Waals surface area contributed by atoms with E-state index in [1.807, 2.05) is 31.3 Å². The maximum absolute atomic E-state index is 5.76. The monoisotopic (exact) mass is 311 g/mol. The molecule has 2 nitrogen and oxygen atoms in total. The fraction of sp³-hybridized carbons (Fsp3) is 0.231. The van der Waals surface area contributed by atoms with Gasteiger partial charge in [-0.05, 0) is 47.2 Å². The molecule has 2 aromatic rings. The van der Waals surface area contributed by atoms with Crippen molar-refractivity contribution in [2.24, 2.45) is 0 Å². The molecular formula is C13H14BrNOS. The quantitative estimate of drug-likeness (QED) is 0.906. The molecule has 0 bridgehead atoms. The van der Waals surface area contributed by atoms with Crippen LogP contribution in [-0.4, -0.2) is 7.05 Å². The fourth-order valence-electron chi connectivity index (χ4n) is 1.48. The van der Waals surface area contributed by atoms with E-state index in [0.29, 0.717) is 6.61 Å². The first-order valence-electron chi connectivity index (χ1n) is 5.39. The number of para-hydroxylation sites is 1. The molecule has 0 aliphatic carbocycles. The lowest BCUT2D eigenvalue weighted by Gasteiger charge is -2.06. The molecular weight excluding hydrogens is 298 g/mol. The summed E-state index contributed by atoms with van der Waals surface area (Å²) in [6.45, 7) is 1.54. The number of benzene rings is 1. The predicted molar refractivity (Wildman–Crippen MR) is 75.6 cm³/mol. The number of ether oxygens (including phenoxy) is 1. The van der Waals surface area contributed by atoms with Crippen LogP contribution in [0.1, 0.15) is 9.75 Å². The Hall–Kier alpha value is -0.840. The third kappa shape index (κ3) is 3.56. The highest BCUT2D eigenvalue weighted by Gasteiger charge is 2.02. The SMILES string of the molecule is CNCc1ccc(COc2ccccc2Br)s1. The molecule has 17 heavy (non-hydrogen) atoms. The van der Waals surface area contributed by atoms with E-state index in [1.165, 1.54) is 9.75 Å². The van der Waals surface area contributed by atoms with Crippen LogP contribution in [0.3, 0.4) is 0 Å². The van der Waals surface area contributed by atoms with Gasteiger partial charge in [0.1, 0.15) is 12.4 Å². The van der Waals surface area contributed by atoms with Gasteiger partial charge in [0.05, 0.1) is 4.47 Å². The molecule has 0 radical (unpaired) electrons. The molecule has 0 saturated heterocycles. The maximum atomic E-state index is 5.76. The highest BCUT2D eigenvalue weighted by atomic mass is 79.9. The minimum atomic E-state index is 0.622. The lowest BCUT2D eigenvalue weighted by molar-refractivity contribution is 0.308. The summed E-state index contributed by atoms with van der Waals surface area (Å²) in [6.07, 6.45) is 0. The first kappa shape index (κ1) is 12.6. The van der Waals surface area contributed by atoms with Gasteiger partial charge in [0.25, 0.3) is 0 Å². The van der Waals surface area contributed by atoms with Gasteiger partial charge in [-0.2, -0.15) is 0 Å². The lowest BCUT2D eigenvalue weighted by Crippen LogP contribution is -2.02. The standard InChI is InChI=1S/C13H14BrNOS/c1-15-8-10-6-7-11(17-10)9-16-13-5-3-2-4-12(13)14/h2-7,15H,8-9H2,1H3. The van der Waals surface area contributed by atoms with Crippen molar-refractivity contribution in [2.75, 3.05) is 7.05 Å². The second-order valence-corrected chi connectivity index (χ2v) is 5.72. The van der Waals surface area contributed by atoms with E-state index in [0.717, 1.165) is 16.8 Å². The van der Waals surface area contributed by atoms with Gasteiger partial charge in [-0.3, -0.25) is 0 Å². The Bertz CT molecular complexity index is 484. The van der Waals surface area contributed by atoms with Gasteiger partial charge in [-0.1, -0.05) is 12.1 Å². The highest BCUT2D eigenvalue weighted by Crippen LogP contribution is 2.26. The summed E-state index contributed by atoms with van der Waals surface area (Å²) in [5, 5.41) is 3.14. The summed E-state index contributed by atoms with van der Waals surface area (Å²) in [6, 6.07) is 12.2. The Kier molecular flexibility index (Phi) is 4.59. The molecule has 0 atom stereocenters. The van der Waals surface area contributed by atoms with Gasteiger partial charge in [-0.25, -0.2) is 0 Å². The Morgan fingerprint density at radius 1 is 1.18 bits per heavy atom. The number of thiophene rings is 1. The number of halogens is 1. The van der Waals surface area contributed by atoms with E-state index in [-0.39, 0.29) is 0 Å². The summed E-state index contributed by atoms with van der Waals surface area (Å²) in [4.78, 5) is 2.57. The van der Waals surface area contributed by atoms with E-state index in [9.17, 15) is 0 Å². The second-order valence-electron chi connectivity index (χ2n) is 3.62. The Morgan fingerprint density at radius 3 is 2.71 bits per heavy atom. The molecule has 0 spiro atoms. The van der Waals surface area contributed by atoms with E-state index in [1.54, 1.807) is 11.3 Å². The molecule has 2 rings (SSSR count). The summed E-state index contributed by atoms with van der Waals surface area (Å²) in [5.41, 5.74) is 0. The van der Waals surface area contributed by atoms with Crippen LogP contribution >= 0.6 is 27.3 Å². The average Bonchev–Trinajstić information content (AvgIpc) is 2.76. The van der Waals surface area contributed by atoms with Crippen molar-refractivity contribution in [2.45, 2.75) is 13.2 Å². The summed E-state index contributed by atoms with van der Waals surface area (Å²) < 4.78 is 6.75. The predicted octanol–water partition coefficient (Wildman–Crippen LogP) is 3.81. The topological polar surface area (TPSA) is 21.3 Å². The smallest absolute Gasteiger partial charge is 0.134 e. The maximum Gasteiger partial charge on any atom is 0.134 e. The van der Waals surface area contributed by atoms with Crippen molar-refractivity contribution in [1.82, 2.24) is 5.32 Å². The number of rotatable bonds is 5. The van der Waals surface area contributed by atoms with Crippen molar-refractivity contribution in [3.05, 3.63) is 50.6 Å². The van der Waals surface area contributed by atoms with Crippen LogP contribution in [0.25, 0.3) is 0 Å². The zero-order valence-electron chi connectivity index (χ0n) is 9.57. The van der Waals surface area contributed by atoms with Crippen molar-refractivity contribution in [1.29, 1.82) is 0 Å². The molecule has 1 aromatic carbocycles. The fourth-order valence-corrected chi connectivity index (χ4v) is 2.82. The summed E-state index contributed by atoms with van der Waals surface area (Å²) >= 11 is 5.25. The second kappa shape index (κ2) is 6.19. The van der Waals surface area contributed by atoms with Crippen LogP contribution in [0.15, 0.2) is 40.9 Å². The van der Waals surface area contributed by atoms with E-state index >= 15 is 0 Å².